The number of nitrogens with one attached hydrogen (secondary N) is 1. The summed E-state index contributed by atoms with van der Waals surface area (Å²) in [7, 11) is 6.49. The van der Waals surface area contributed by atoms with Crippen molar-refractivity contribution in [2.24, 2.45) is 11.3 Å². The number of ether oxygens (including phenoxy) is 1. The summed E-state index contributed by atoms with van der Waals surface area (Å²) in [5.41, 5.74) is 0.315. The molecule has 0 aromatic heterocycles. The SMILES string of the molecule is CC(C)CNCC1(CN(C)CCN(C)C)CCOC1. The summed E-state index contributed by atoms with van der Waals surface area (Å²) < 4.78 is 5.67. The maximum atomic E-state index is 5.67. The van der Waals surface area contributed by atoms with Gasteiger partial charge in [0, 0.05) is 38.2 Å². The maximum Gasteiger partial charge on any atom is 0.0547 e. The molecular weight excluding hydrogens is 238 g/mol. The van der Waals surface area contributed by atoms with E-state index in [1.165, 1.54) is 6.42 Å². The minimum Gasteiger partial charge on any atom is -0.381 e. The van der Waals surface area contributed by atoms with Crippen LogP contribution in [0.4, 0.5) is 0 Å². The molecule has 0 aliphatic carbocycles. The first-order chi connectivity index (χ1) is 8.93. The summed E-state index contributed by atoms with van der Waals surface area (Å²) in [6.45, 7) is 11.9. The Morgan fingerprint density at radius 1 is 1.21 bits per heavy atom. The molecule has 1 aliphatic heterocycles. The first kappa shape index (κ1) is 16.9. The van der Waals surface area contributed by atoms with Crippen molar-refractivity contribution >= 4 is 0 Å². The molecule has 4 nitrogen and oxygen atoms in total. The quantitative estimate of drug-likeness (QED) is 0.680. The molecule has 0 aromatic carbocycles. The lowest BCUT2D eigenvalue weighted by molar-refractivity contribution is 0.115. The van der Waals surface area contributed by atoms with Crippen molar-refractivity contribution in [3.63, 3.8) is 0 Å². The number of likely N-dealkylation sites (N-methyl/N-ethyl adjacent to an activating group) is 2. The molecule has 1 rings (SSSR count). The van der Waals surface area contributed by atoms with E-state index in [2.05, 4.69) is 50.1 Å². The Bertz CT molecular complexity index is 238. The Morgan fingerprint density at radius 2 is 1.95 bits per heavy atom. The summed E-state index contributed by atoms with van der Waals surface area (Å²) in [6, 6.07) is 0. The molecule has 1 atom stereocenters. The van der Waals surface area contributed by atoms with Gasteiger partial charge >= 0.3 is 0 Å². The van der Waals surface area contributed by atoms with Crippen LogP contribution >= 0.6 is 0 Å². The Balaban J connectivity index is 2.38. The molecule has 0 bridgehead atoms. The molecular formula is C15H33N3O. The van der Waals surface area contributed by atoms with Crippen LogP contribution in [0.3, 0.4) is 0 Å². The van der Waals surface area contributed by atoms with Gasteiger partial charge in [-0.1, -0.05) is 13.8 Å². The smallest absolute Gasteiger partial charge is 0.0547 e. The van der Waals surface area contributed by atoms with Gasteiger partial charge in [0.2, 0.25) is 0 Å². The van der Waals surface area contributed by atoms with Crippen LogP contribution in [-0.4, -0.2) is 76.9 Å². The maximum absolute atomic E-state index is 5.67. The van der Waals surface area contributed by atoms with Gasteiger partial charge in [-0.15, -0.1) is 0 Å². The van der Waals surface area contributed by atoms with Gasteiger partial charge in [0.05, 0.1) is 6.61 Å². The second-order valence-electron chi connectivity index (χ2n) is 6.87. The molecule has 0 aromatic rings. The average molecular weight is 271 g/mol. The zero-order chi connectivity index (χ0) is 14.3. The molecule has 0 spiro atoms. The van der Waals surface area contributed by atoms with Crippen LogP contribution in [0.2, 0.25) is 0 Å². The summed E-state index contributed by atoms with van der Waals surface area (Å²) in [5, 5.41) is 3.62. The monoisotopic (exact) mass is 271 g/mol. The molecule has 0 radical (unpaired) electrons. The van der Waals surface area contributed by atoms with E-state index in [1.54, 1.807) is 0 Å². The van der Waals surface area contributed by atoms with Crippen molar-refractivity contribution in [3.8, 4) is 0 Å². The molecule has 1 aliphatic rings. The largest absolute Gasteiger partial charge is 0.381 e. The topological polar surface area (TPSA) is 27.7 Å². The van der Waals surface area contributed by atoms with E-state index in [9.17, 15) is 0 Å². The Kier molecular flexibility index (Phi) is 7.29. The van der Waals surface area contributed by atoms with Crippen LogP contribution in [0, 0.1) is 11.3 Å². The van der Waals surface area contributed by atoms with Crippen molar-refractivity contribution in [1.29, 1.82) is 0 Å². The molecule has 114 valence electrons. The van der Waals surface area contributed by atoms with Gasteiger partial charge in [0.15, 0.2) is 0 Å². The van der Waals surface area contributed by atoms with Crippen LogP contribution in [0.15, 0.2) is 0 Å². The Hall–Kier alpha value is -0.160. The van der Waals surface area contributed by atoms with Crippen LogP contribution in [0.5, 0.6) is 0 Å². The van der Waals surface area contributed by atoms with E-state index in [0.717, 1.165) is 45.9 Å². The third-order valence-corrected chi connectivity index (χ3v) is 3.77. The van der Waals surface area contributed by atoms with E-state index in [-0.39, 0.29) is 0 Å². The molecule has 1 unspecified atom stereocenters. The summed E-state index contributed by atoms with van der Waals surface area (Å²) in [5.74, 6) is 0.714. The first-order valence-electron chi connectivity index (χ1n) is 7.55. The van der Waals surface area contributed by atoms with E-state index in [4.69, 9.17) is 4.74 Å². The lowest BCUT2D eigenvalue weighted by Crippen LogP contribution is -2.45. The van der Waals surface area contributed by atoms with Gasteiger partial charge in [0.25, 0.3) is 0 Å². The third kappa shape index (κ3) is 6.70. The number of rotatable bonds is 9. The highest BCUT2D eigenvalue weighted by Gasteiger charge is 2.35. The van der Waals surface area contributed by atoms with Gasteiger partial charge in [-0.05, 0) is 40.0 Å². The van der Waals surface area contributed by atoms with Crippen molar-refractivity contribution < 1.29 is 4.74 Å². The third-order valence-electron chi connectivity index (χ3n) is 3.77. The Morgan fingerprint density at radius 3 is 2.47 bits per heavy atom. The second kappa shape index (κ2) is 8.20. The van der Waals surface area contributed by atoms with Crippen LogP contribution in [-0.2, 0) is 4.74 Å². The first-order valence-corrected chi connectivity index (χ1v) is 7.55. The van der Waals surface area contributed by atoms with Crippen molar-refractivity contribution in [1.82, 2.24) is 15.1 Å². The van der Waals surface area contributed by atoms with Gasteiger partial charge in [-0.25, -0.2) is 0 Å². The van der Waals surface area contributed by atoms with E-state index in [1.807, 2.05) is 0 Å². The molecule has 1 N–H and O–H groups in total. The molecule has 0 saturated carbocycles. The molecule has 0 amide bonds. The van der Waals surface area contributed by atoms with Crippen molar-refractivity contribution in [2.75, 3.05) is 67.1 Å². The zero-order valence-electron chi connectivity index (χ0n) is 13.5. The number of hydrogen-bond acceptors (Lipinski definition) is 4. The van der Waals surface area contributed by atoms with Gasteiger partial charge < -0.3 is 19.9 Å². The van der Waals surface area contributed by atoms with Crippen LogP contribution in [0.25, 0.3) is 0 Å². The highest BCUT2D eigenvalue weighted by Crippen LogP contribution is 2.28. The van der Waals surface area contributed by atoms with E-state index >= 15 is 0 Å². The molecule has 4 heteroatoms. The summed E-state index contributed by atoms with van der Waals surface area (Å²) >= 11 is 0. The lowest BCUT2D eigenvalue weighted by atomic mass is 9.86. The van der Waals surface area contributed by atoms with Crippen molar-refractivity contribution in [3.05, 3.63) is 0 Å². The van der Waals surface area contributed by atoms with E-state index < -0.39 is 0 Å². The number of hydrogen-bond donors (Lipinski definition) is 1. The zero-order valence-corrected chi connectivity index (χ0v) is 13.5. The molecule has 19 heavy (non-hydrogen) atoms. The molecule has 1 fully saturated rings. The minimum atomic E-state index is 0.315. The van der Waals surface area contributed by atoms with E-state index in [0.29, 0.717) is 11.3 Å². The molecule has 1 saturated heterocycles. The summed E-state index contributed by atoms with van der Waals surface area (Å²) in [4.78, 5) is 4.69. The number of nitrogens with zero attached hydrogens (tertiary/aromatic N) is 2. The van der Waals surface area contributed by atoms with Crippen LogP contribution in [0.1, 0.15) is 20.3 Å². The fourth-order valence-corrected chi connectivity index (χ4v) is 2.62. The normalized spacial score (nSPS) is 24.0. The van der Waals surface area contributed by atoms with Gasteiger partial charge in [-0.2, -0.15) is 0 Å². The van der Waals surface area contributed by atoms with Gasteiger partial charge in [-0.3, -0.25) is 0 Å². The lowest BCUT2D eigenvalue weighted by Gasteiger charge is -2.33. The summed E-state index contributed by atoms with van der Waals surface area (Å²) in [6.07, 6.45) is 1.18. The van der Waals surface area contributed by atoms with Crippen molar-refractivity contribution in [2.45, 2.75) is 20.3 Å². The molecule has 1 heterocycles. The predicted octanol–water partition coefficient (Wildman–Crippen LogP) is 1.13. The standard InChI is InChI=1S/C15H33N3O/c1-14(2)10-16-11-15(6-9-19-13-15)12-18(5)8-7-17(3)4/h14,16H,6-13H2,1-5H3. The van der Waals surface area contributed by atoms with Crippen LogP contribution < -0.4 is 5.32 Å². The van der Waals surface area contributed by atoms with Gasteiger partial charge in [0.1, 0.15) is 0 Å². The fourth-order valence-electron chi connectivity index (χ4n) is 2.62. The second-order valence-corrected chi connectivity index (χ2v) is 6.87. The highest BCUT2D eigenvalue weighted by molar-refractivity contribution is 4.88. The average Bonchev–Trinajstić information content (AvgIpc) is 2.74. The highest BCUT2D eigenvalue weighted by atomic mass is 16.5. The Labute approximate surface area is 119 Å². The fraction of sp³-hybridized carbons (Fsp3) is 1.00. The minimum absolute atomic E-state index is 0.315. The predicted molar refractivity (Wildman–Crippen MR) is 81.6 cm³/mol.